The van der Waals surface area contributed by atoms with Gasteiger partial charge in [0.05, 0.1) is 4.92 Å². The van der Waals surface area contributed by atoms with Crippen LogP contribution >= 0.6 is 11.3 Å². The number of benzene rings is 1. The number of hydrogen-bond acceptors (Lipinski definition) is 8. The largest absolute Gasteiger partial charge is 0.482 e. The molecule has 2 aromatic rings. The molecule has 1 heterocycles. The van der Waals surface area contributed by atoms with E-state index in [9.17, 15) is 19.7 Å². The summed E-state index contributed by atoms with van der Waals surface area (Å²) in [4.78, 5) is 36.7. The lowest BCUT2D eigenvalue weighted by molar-refractivity contribution is -0.380. The van der Waals surface area contributed by atoms with Crippen LogP contribution in [0.5, 0.6) is 5.75 Å². The lowest BCUT2D eigenvalue weighted by Gasteiger charge is -2.08. The zero-order valence-electron chi connectivity index (χ0n) is 12.6. The fourth-order valence-corrected chi connectivity index (χ4v) is 2.25. The number of para-hydroxylation sites is 1. The van der Waals surface area contributed by atoms with Gasteiger partial charge < -0.3 is 9.47 Å². The van der Waals surface area contributed by atoms with Crippen molar-refractivity contribution >= 4 is 33.3 Å². The molecule has 0 aliphatic heterocycles. The topological polar surface area (TPSA) is 121 Å². The number of rotatable bonds is 7. The summed E-state index contributed by atoms with van der Waals surface area (Å²) in [5, 5.41) is 12.7. The minimum Gasteiger partial charge on any atom is -0.482 e. The average Bonchev–Trinajstić information content (AvgIpc) is 3.01. The first kappa shape index (κ1) is 17.3. The maximum atomic E-state index is 11.6. The van der Waals surface area contributed by atoms with Gasteiger partial charge in [-0.2, -0.15) is 0 Å². The molecule has 0 spiro atoms. The van der Waals surface area contributed by atoms with Crippen LogP contribution in [0, 0.1) is 17.0 Å². The number of aryl methyl sites for hydroxylation is 1. The quantitative estimate of drug-likeness (QED) is 0.459. The van der Waals surface area contributed by atoms with Crippen LogP contribution in [-0.2, 0) is 14.3 Å². The molecule has 0 radical (unpaired) electrons. The Kier molecular flexibility index (Phi) is 5.79. The summed E-state index contributed by atoms with van der Waals surface area (Å²) in [5.74, 6) is -0.809. The van der Waals surface area contributed by atoms with Gasteiger partial charge >= 0.3 is 11.0 Å². The summed E-state index contributed by atoms with van der Waals surface area (Å²) in [6.45, 7) is 0.964. The summed E-state index contributed by atoms with van der Waals surface area (Å²) in [6, 6.07) is 7.16. The van der Waals surface area contributed by atoms with E-state index in [1.807, 2.05) is 19.1 Å². The number of nitrogens with one attached hydrogen (secondary N) is 1. The molecular formula is C14H13N3O6S. The Bertz CT molecular complexity index is 760. The van der Waals surface area contributed by atoms with E-state index in [0.717, 1.165) is 11.8 Å². The predicted octanol–water partition coefficient (Wildman–Crippen LogP) is 1.92. The highest BCUT2D eigenvalue weighted by Gasteiger charge is 2.14. The standard InChI is InChI=1S/C14H13N3O6S/c1-9-4-2-3-5-10(9)22-8-13(19)23-7-11(18)16-14-15-6-12(24-14)17(20)21/h2-6H,7-8H2,1H3,(H,15,16,18). The van der Waals surface area contributed by atoms with Crippen molar-refractivity contribution in [1.29, 1.82) is 0 Å². The Morgan fingerprint density at radius 1 is 1.33 bits per heavy atom. The van der Waals surface area contributed by atoms with Crippen molar-refractivity contribution in [3.8, 4) is 5.75 Å². The van der Waals surface area contributed by atoms with Crippen LogP contribution in [0.2, 0.25) is 0 Å². The fourth-order valence-electron chi connectivity index (χ4n) is 1.61. The number of carbonyl (C=O) groups excluding carboxylic acids is 2. The molecule has 1 N–H and O–H groups in total. The normalized spacial score (nSPS) is 10.0. The van der Waals surface area contributed by atoms with Gasteiger partial charge in [-0.15, -0.1) is 0 Å². The van der Waals surface area contributed by atoms with Crippen molar-refractivity contribution in [2.24, 2.45) is 0 Å². The van der Waals surface area contributed by atoms with Crippen molar-refractivity contribution in [1.82, 2.24) is 4.98 Å². The van der Waals surface area contributed by atoms with E-state index in [2.05, 4.69) is 10.3 Å². The van der Waals surface area contributed by atoms with E-state index in [1.165, 1.54) is 0 Å². The number of carbonyl (C=O) groups is 2. The van der Waals surface area contributed by atoms with Crippen molar-refractivity contribution in [3.05, 3.63) is 46.1 Å². The van der Waals surface area contributed by atoms with E-state index in [-0.39, 0.29) is 16.7 Å². The van der Waals surface area contributed by atoms with Crippen molar-refractivity contribution in [3.63, 3.8) is 0 Å². The lowest BCUT2D eigenvalue weighted by Crippen LogP contribution is -2.23. The SMILES string of the molecule is Cc1ccccc1OCC(=O)OCC(=O)Nc1ncc([N+](=O)[O-])s1. The zero-order valence-corrected chi connectivity index (χ0v) is 13.4. The van der Waals surface area contributed by atoms with Gasteiger partial charge in [0.25, 0.3) is 5.91 Å². The minimum absolute atomic E-state index is 0.0545. The molecule has 1 aromatic heterocycles. The molecule has 1 amide bonds. The van der Waals surface area contributed by atoms with E-state index in [0.29, 0.717) is 17.1 Å². The number of nitrogens with zero attached hydrogens (tertiary/aromatic N) is 2. The maximum absolute atomic E-state index is 11.6. The number of amides is 1. The van der Waals surface area contributed by atoms with Gasteiger partial charge in [-0.3, -0.25) is 20.2 Å². The Balaban J connectivity index is 1.73. The van der Waals surface area contributed by atoms with Crippen LogP contribution in [0.25, 0.3) is 0 Å². The molecule has 9 nitrogen and oxygen atoms in total. The Morgan fingerprint density at radius 2 is 2.08 bits per heavy atom. The fraction of sp³-hybridized carbons (Fsp3) is 0.214. The predicted molar refractivity (Wildman–Crippen MR) is 85.0 cm³/mol. The molecule has 1 aromatic carbocycles. The summed E-state index contributed by atoms with van der Waals surface area (Å²) in [6.07, 6.45) is 1.03. The average molecular weight is 351 g/mol. The van der Waals surface area contributed by atoms with Gasteiger partial charge in [0, 0.05) is 0 Å². The minimum atomic E-state index is -0.710. The summed E-state index contributed by atoms with van der Waals surface area (Å²) < 4.78 is 10.0. The van der Waals surface area contributed by atoms with Crippen molar-refractivity contribution in [2.45, 2.75) is 6.92 Å². The lowest BCUT2D eigenvalue weighted by atomic mass is 10.2. The second-order valence-corrected chi connectivity index (χ2v) is 5.53. The number of aromatic nitrogens is 1. The first-order valence-corrected chi connectivity index (χ1v) is 7.51. The van der Waals surface area contributed by atoms with Crippen LogP contribution < -0.4 is 10.1 Å². The third kappa shape index (κ3) is 5.02. The van der Waals surface area contributed by atoms with Gasteiger partial charge in [0.2, 0.25) is 0 Å². The summed E-state index contributed by atoms with van der Waals surface area (Å²) in [7, 11) is 0. The number of anilines is 1. The van der Waals surface area contributed by atoms with Crippen LogP contribution in [0.1, 0.15) is 5.56 Å². The number of thiazole rings is 1. The second-order valence-electron chi connectivity index (χ2n) is 4.52. The monoisotopic (exact) mass is 351 g/mol. The summed E-state index contributed by atoms with van der Waals surface area (Å²) >= 11 is 0.705. The van der Waals surface area contributed by atoms with Crippen LogP contribution in [-0.4, -0.2) is 35.0 Å². The van der Waals surface area contributed by atoms with Crippen molar-refractivity contribution < 1.29 is 24.0 Å². The molecule has 0 aliphatic rings. The highest BCUT2D eigenvalue weighted by molar-refractivity contribution is 7.18. The Labute approximate surface area is 140 Å². The molecule has 24 heavy (non-hydrogen) atoms. The molecule has 2 rings (SSSR count). The highest BCUT2D eigenvalue weighted by Crippen LogP contribution is 2.24. The van der Waals surface area contributed by atoms with E-state index in [4.69, 9.17) is 9.47 Å². The number of nitro groups is 1. The molecule has 0 saturated heterocycles. The Morgan fingerprint density at radius 3 is 2.75 bits per heavy atom. The van der Waals surface area contributed by atoms with Crippen molar-refractivity contribution in [2.75, 3.05) is 18.5 Å². The molecule has 0 saturated carbocycles. The zero-order chi connectivity index (χ0) is 17.5. The number of ether oxygens (including phenoxy) is 2. The van der Waals surface area contributed by atoms with Gasteiger partial charge in [0.15, 0.2) is 18.3 Å². The summed E-state index contributed by atoms with van der Waals surface area (Å²) in [5.41, 5.74) is 0.869. The van der Waals surface area contributed by atoms with E-state index >= 15 is 0 Å². The molecule has 0 unspecified atom stereocenters. The first-order valence-electron chi connectivity index (χ1n) is 6.70. The van der Waals surface area contributed by atoms with Gasteiger partial charge in [-0.25, -0.2) is 9.78 Å². The smallest absolute Gasteiger partial charge is 0.345 e. The van der Waals surface area contributed by atoms with Gasteiger partial charge in [-0.1, -0.05) is 18.2 Å². The van der Waals surface area contributed by atoms with Gasteiger partial charge in [-0.05, 0) is 29.9 Å². The molecule has 0 fully saturated rings. The molecule has 0 aliphatic carbocycles. The van der Waals surface area contributed by atoms with Crippen LogP contribution in [0.15, 0.2) is 30.5 Å². The molecule has 126 valence electrons. The maximum Gasteiger partial charge on any atom is 0.345 e. The number of hydrogen-bond donors (Lipinski definition) is 1. The van der Waals surface area contributed by atoms with Crippen LogP contribution in [0.4, 0.5) is 10.1 Å². The van der Waals surface area contributed by atoms with Crippen LogP contribution in [0.3, 0.4) is 0 Å². The third-order valence-electron chi connectivity index (χ3n) is 2.72. The molecule has 0 bridgehead atoms. The van der Waals surface area contributed by atoms with Gasteiger partial charge in [0.1, 0.15) is 11.9 Å². The number of esters is 1. The second kappa shape index (κ2) is 8.02. The highest BCUT2D eigenvalue weighted by atomic mass is 32.1. The molecule has 0 atom stereocenters. The molecular weight excluding hydrogens is 338 g/mol. The molecule has 10 heteroatoms. The first-order chi connectivity index (χ1) is 11.5. The Hall–Kier alpha value is -3.01. The van der Waals surface area contributed by atoms with E-state index < -0.39 is 23.4 Å². The van der Waals surface area contributed by atoms with E-state index in [1.54, 1.807) is 12.1 Å². The third-order valence-corrected chi connectivity index (χ3v) is 3.59.